The second-order valence-electron chi connectivity index (χ2n) is 2.69. The van der Waals surface area contributed by atoms with E-state index >= 15 is 0 Å². The smallest absolute Gasteiger partial charge is 0.181 e. The summed E-state index contributed by atoms with van der Waals surface area (Å²) in [5, 5.41) is -0.326. The van der Waals surface area contributed by atoms with Gasteiger partial charge in [-0.05, 0) is 12.0 Å². The molecule has 1 aromatic carbocycles. The Labute approximate surface area is 70.0 Å². The molecular formula is C9H7ClO. The Kier molecular flexibility index (Phi) is 1.46. The molecule has 1 nitrogen and oxygen atoms in total. The highest BCUT2D eigenvalue weighted by molar-refractivity contribution is 6.35. The van der Waals surface area contributed by atoms with Gasteiger partial charge in [0.05, 0.1) is 0 Å². The third kappa shape index (κ3) is 0.962. The molecule has 0 radical (unpaired) electrons. The molecule has 56 valence electrons. The van der Waals surface area contributed by atoms with Crippen molar-refractivity contribution in [2.45, 2.75) is 11.8 Å². The summed E-state index contributed by atoms with van der Waals surface area (Å²) in [6.07, 6.45) is 0.691. The molecule has 0 fully saturated rings. The van der Waals surface area contributed by atoms with E-state index in [2.05, 4.69) is 0 Å². The van der Waals surface area contributed by atoms with E-state index in [0.29, 0.717) is 6.42 Å². The zero-order valence-electron chi connectivity index (χ0n) is 5.88. The normalized spacial score (nSPS) is 21.9. The Balaban J connectivity index is 2.55. The van der Waals surface area contributed by atoms with Gasteiger partial charge in [-0.2, -0.15) is 0 Å². The van der Waals surface area contributed by atoms with Gasteiger partial charge in [0.2, 0.25) is 0 Å². The lowest BCUT2D eigenvalue weighted by Crippen LogP contribution is -2.06. The van der Waals surface area contributed by atoms with Crippen molar-refractivity contribution in [2.75, 3.05) is 0 Å². The number of benzene rings is 1. The summed E-state index contributed by atoms with van der Waals surface area (Å²) in [5.41, 5.74) is 1.88. The minimum Gasteiger partial charge on any atom is -0.292 e. The predicted molar refractivity (Wildman–Crippen MR) is 44.1 cm³/mol. The molecule has 0 spiro atoms. The predicted octanol–water partition coefficient (Wildman–Crippen LogP) is 2.03. The topological polar surface area (TPSA) is 17.1 Å². The molecule has 0 N–H and O–H groups in total. The van der Waals surface area contributed by atoms with Gasteiger partial charge >= 0.3 is 0 Å². The maximum Gasteiger partial charge on any atom is 0.181 e. The van der Waals surface area contributed by atoms with Crippen LogP contribution in [-0.4, -0.2) is 11.2 Å². The number of halogens is 1. The largest absolute Gasteiger partial charge is 0.292 e. The van der Waals surface area contributed by atoms with E-state index in [4.69, 9.17) is 11.6 Å². The Hall–Kier alpha value is -0.820. The van der Waals surface area contributed by atoms with E-state index in [9.17, 15) is 4.79 Å². The number of carbonyl (C=O) groups excluding carboxylic acids is 1. The van der Waals surface area contributed by atoms with E-state index in [0.717, 1.165) is 11.1 Å². The Morgan fingerprint density at radius 3 is 2.82 bits per heavy atom. The van der Waals surface area contributed by atoms with Gasteiger partial charge < -0.3 is 0 Å². The van der Waals surface area contributed by atoms with Crippen LogP contribution in [0.1, 0.15) is 15.9 Å². The van der Waals surface area contributed by atoms with Crippen LogP contribution in [-0.2, 0) is 6.42 Å². The number of fused-ring (bicyclic) bond motifs is 1. The van der Waals surface area contributed by atoms with Crippen LogP contribution in [0.3, 0.4) is 0 Å². The zero-order chi connectivity index (χ0) is 7.84. The van der Waals surface area contributed by atoms with Crippen LogP contribution in [0.5, 0.6) is 0 Å². The van der Waals surface area contributed by atoms with E-state index in [1.165, 1.54) is 0 Å². The molecule has 1 atom stereocenters. The fourth-order valence-corrected chi connectivity index (χ4v) is 1.68. The maximum atomic E-state index is 11.3. The van der Waals surface area contributed by atoms with Crippen molar-refractivity contribution < 1.29 is 4.79 Å². The molecule has 0 saturated carbocycles. The second-order valence-corrected chi connectivity index (χ2v) is 3.22. The average Bonchev–Trinajstić information content (AvgIpc) is 2.30. The Morgan fingerprint density at radius 1 is 1.36 bits per heavy atom. The van der Waals surface area contributed by atoms with Gasteiger partial charge in [0.1, 0.15) is 5.38 Å². The van der Waals surface area contributed by atoms with E-state index < -0.39 is 0 Å². The highest BCUT2D eigenvalue weighted by atomic mass is 35.5. The minimum absolute atomic E-state index is 0.0715. The summed E-state index contributed by atoms with van der Waals surface area (Å²) in [5.74, 6) is 0.0715. The SMILES string of the molecule is O=C1c2ccccc2CC1Cl. The maximum absolute atomic E-state index is 11.3. The molecule has 1 aliphatic carbocycles. The number of rotatable bonds is 0. The van der Waals surface area contributed by atoms with Crippen LogP contribution >= 0.6 is 11.6 Å². The van der Waals surface area contributed by atoms with Gasteiger partial charge in [-0.3, -0.25) is 4.79 Å². The first kappa shape index (κ1) is 6.86. The number of hydrogen-bond acceptors (Lipinski definition) is 1. The third-order valence-corrected chi connectivity index (χ3v) is 2.32. The number of ketones is 1. The lowest BCUT2D eigenvalue weighted by atomic mass is 10.1. The first-order valence-corrected chi connectivity index (χ1v) is 3.99. The molecule has 0 saturated heterocycles. The monoisotopic (exact) mass is 166 g/mol. The minimum atomic E-state index is -0.326. The molecule has 0 aromatic heterocycles. The molecule has 1 aliphatic rings. The molecular weight excluding hydrogens is 160 g/mol. The molecule has 0 heterocycles. The summed E-state index contributed by atoms with van der Waals surface area (Å²) in [4.78, 5) is 11.3. The van der Waals surface area contributed by atoms with Gasteiger partial charge in [0, 0.05) is 5.56 Å². The van der Waals surface area contributed by atoms with E-state index in [1.54, 1.807) is 0 Å². The molecule has 11 heavy (non-hydrogen) atoms. The first-order chi connectivity index (χ1) is 5.29. The number of alkyl halides is 1. The summed E-state index contributed by atoms with van der Waals surface area (Å²) in [7, 11) is 0. The molecule has 0 aliphatic heterocycles. The quantitative estimate of drug-likeness (QED) is 0.539. The van der Waals surface area contributed by atoms with Crippen LogP contribution in [0.2, 0.25) is 0 Å². The number of carbonyl (C=O) groups is 1. The van der Waals surface area contributed by atoms with E-state index in [1.807, 2.05) is 24.3 Å². The highest BCUT2D eigenvalue weighted by Gasteiger charge is 2.27. The summed E-state index contributed by atoms with van der Waals surface area (Å²) < 4.78 is 0. The van der Waals surface area contributed by atoms with Crippen molar-refractivity contribution in [1.82, 2.24) is 0 Å². The van der Waals surface area contributed by atoms with Crippen molar-refractivity contribution in [3.8, 4) is 0 Å². The molecule has 2 rings (SSSR count). The Morgan fingerprint density at radius 2 is 2.09 bits per heavy atom. The van der Waals surface area contributed by atoms with Gasteiger partial charge in [-0.25, -0.2) is 0 Å². The highest BCUT2D eigenvalue weighted by Crippen LogP contribution is 2.24. The molecule has 2 heteroatoms. The first-order valence-electron chi connectivity index (χ1n) is 3.55. The fourth-order valence-electron chi connectivity index (χ4n) is 1.39. The molecule has 0 amide bonds. The molecule has 0 bridgehead atoms. The fraction of sp³-hybridized carbons (Fsp3) is 0.222. The zero-order valence-corrected chi connectivity index (χ0v) is 6.64. The van der Waals surface area contributed by atoms with Crippen LogP contribution in [0, 0.1) is 0 Å². The lowest BCUT2D eigenvalue weighted by Gasteiger charge is -1.92. The average molecular weight is 167 g/mol. The van der Waals surface area contributed by atoms with E-state index in [-0.39, 0.29) is 11.2 Å². The van der Waals surface area contributed by atoms with Crippen molar-refractivity contribution in [3.63, 3.8) is 0 Å². The molecule has 1 unspecified atom stereocenters. The van der Waals surface area contributed by atoms with Crippen molar-refractivity contribution in [2.24, 2.45) is 0 Å². The molecule has 1 aromatic rings. The van der Waals surface area contributed by atoms with Crippen molar-refractivity contribution in [1.29, 1.82) is 0 Å². The lowest BCUT2D eigenvalue weighted by molar-refractivity contribution is 0.0998. The van der Waals surface area contributed by atoms with Crippen LogP contribution in [0.15, 0.2) is 24.3 Å². The van der Waals surface area contributed by atoms with Gasteiger partial charge in [-0.1, -0.05) is 24.3 Å². The summed E-state index contributed by atoms with van der Waals surface area (Å²) in [6, 6.07) is 7.59. The number of Topliss-reactive ketones (excluding diaryl/α,β-unsaturated/α-hetero) is 1. The summed E-state index contributed by atoms with van der Waals surface area (Å²) in [6.45, 7) is 0. The van der Waals surface area contributed by atoms with Crippen LogP contribution < -0.4 is 0 Å². The summed E-state index contributed by atoms with van der Waals surface area (Å²) >= 11 is 5.78. The van der Waals surface area contributed by atoms with Crippen molar-refractivity contribution in [3.05, 3.63) is 35.4 Å². The van der Waals surface area contributed by atoms with Gasteiger partial charge in [0.15, 0.2) is 5.78 Å². The Bertz CT molecular complexity index is 306. The third-order valence-electron chi connectivity index (χ3n) is 1.97. The van der Waals surface area contributed by atoms with Gasteiger partial charge in [-0.15, -0.1) is 11.6 Å². The standard InChI is InChI=1S/C9H7ClO/c10-8-5-6-3-1-2-4-7(6)9(8)11/h1-4,8H,5H2. The van der Waals surface area contributed by atoms with Crippen LogP contribution in [0.4, 0.5) is 0 Å². The number of hydrogen-bond donors (Lipinski definition) is 0. The van der Waals surface area contributed by atoms with Crippen LogP contribution in [0.25, 0.3) is 0 Å². The second kappa shape index (κ2) is 2.35. The van der Waals surface area contributed by atoms with Crippen molar-refractivity contribution >= 4 is 17.4 Å². The van der Waals surface area contributed by atoms with Gasteiger partial charge in [0.25, 0.3) is 0 Å².